The molecule has 0 aromatic rings. The van der Waals surface area contributed by atoms with Gasteiger partial charge in [0.25, 0.3) is 0 Å². The van der Waals surface area contributed by atoms with Gasteiger partial charge >= 0.3 is 0 Å². The minimum atomic E-state index is 0.448. The number of hydrogen-bond acceptors (Lipinski definition) is 1. The summed E-state index contributed by atoms with van der Waals surface area (Å²) in [4.78, 5) is 0. The maximum atomic E-state index is 3.50. The molecule has 0 amide bonds. The summed E-state index contributed by atoms with van der Waals surface area (Å²) in [6.07, 6.45) is 2.66. The summed E-state index contributed by atoms with van der Waals surface area (Å²) in [6, 6.07) is 0. The van der Waals surface area contributed by atoms with Gasteiger partial charge in [-0.05, 0) is 25.7 Å². The molecule has 1 fully saturated rings. The van der Waals surface area contributed by atoms with E-state index in [0.717, 1.165) is 12.5 Å². The van der Waals surface area contributed by atoms with Crippen LogP contribution in [0.1, 0.15) is 33.6 Å². The summed E-state index contributed by atoms with van der Waals surface area (Å²) in [6.45, 7) is 7.30. The summed E-state index contributed by atoms with van der Waals surface area (Å²) in [7, 11) is 0. The molecular weight excluding hydrogens is 134 g/mol. The Morgan fingerprint density at radius 3 is 2.45 bits per heavy atom. The average Bonchev–Trinajstić information content (AvgIpc) is 2.70. The monoisotopic (exact) mass is 151 g/mol. The fraction of sp³-hybridized carbons (Fsp3) is 0.800. The fourth-order valence-electron chi connectivity index (χ4n) is 1.40. The van der Waals surface area contributed by atoms with E-state index in [1.54, 1.807) is 0 Å². The maximum Gasteiger partial charge on any atom is 0.0580 e. The van der Waals surface area contributed by atoms with Crippen molar-refractivity contribution in [2.75, 3.05) is 6.54 Å². The zero-order valence-corrected chi connectivity index (χ0v) is 7.70. The molecule has 0 spiro atoms. The van der Waals surface area contributed by atoms with E-state index in [0.29, 0.717) is 5.54 Å². The molecule has 0 atom stereocenters. The van der Waals surface area contributed by atoms with Crippen LogP contribution in [0.2, 0.25) is 0 Å². The first-order valence-corrected chi connectivity index (χ1v) is 4.36. The van der Waals surface area contributed by atoms with Crippen LogP contribution in [-0.2, 0) is 0 Å². The smallest absolute Gasteiger partial charge is 0.0580 e. The summed E-state index contributed by atoms with van der Waals surface area (Å²) in [5.74, 6) is 6.68. The van der Waals surface area contributed by atoms with Gasteiger partial charge in [-0.2, -0.15) is 0 Å². The van der Waals surface area contributed by atoms with Crippen LogP contribution in [0.15, 0.2) is 0 Å². The Bertz CT molecular complexity index is 179. The van der Waals surface area contributed by atoms with E-state index in [1.807, 2.05) is 6.92 Å². The van der Waals surface area contributed by atoms with Crippen LogP contribution in [0.5, 0.6) is 0 Å². The lowest BCUT2D eigenvalue weighted by atomic mass is 10.0. The van der Waals surface area contributed by atoms with Crippen molar-refractivity contribution >= 4 is 0 Å². The van der Waals surface area contributed by atoms with Gasteiger partial charge < -0.3 is 5.32 Å². The quantitative estimate of drug-likeness (QED) is 0.606. The zero-order valence-electron chi connectivity index (χ0n) is 7.70. The third-order valence-electron chi connectivity index (χ3n) is 2.60. The van der Waals surface area contributed by atoms with Gasteiger partial charge in [0, 0.05) is 5.54 Å². The Labute approximate surface area is 69.6 Å². The zero-order chi connectivity index (χ0) is 8.32. The molecule has 0 bridgehead atoms. The minimum Gasteiger partial charge on any atom is -0.300 e. The Hall–Kier alpha value is -0.480. The topological polar surface area (TPSA) is 12.0 Å². The van der Waals surface area contributed by atoms with Crippen molar-refractivity contribution in [1.82, 2.24) is 5.32 Å². The summed E-state index contributed by atoms with van der Waals surface area (Å²) >= 11 is 0. The lowest BCUT2D eigenvalue weighted by Gasteiger charge is -2.19. The molecule has 1 nitrogen and oxygen atoms in total. The molecule has 0 saturated heterocycles. The Morgan fingerprint density at radius 1 is 1.45 bits per heavy atom. The lowest BCUT2D eigenvalue weighted by Crippen LogP contribution is -2.36. The van der Waals surface area contributed by atoms with Crippen molar-refractivity contribution in [3.63, 3.8) is 0 Å². The number of hydrogen-bond donors (Lipinski definition) is 1. The van der Waals surface area contributed by atoms with Gasteiger partial charge in [0.05, 0.1) is 6.54 Å². The van der Waals surface area contributed by atoms with Crippen LogP contribution in [0, 0.1) is 17.8 Å². The van der Waals surface area contributed by atoms with E-state index in [2.05, 4.69) is 31.0 Å². The van der Waals surface area contributed by atoms with Gasteiger partial charge in [-0.1, -0.05) is 19.8 Å². The van der Waals surface area contributed by atoms with Crippen LogP contribution in [0.4, 0.5) is 0 Å². The van der Waals surface area contributed by atoms with Crippen molar-refractivity contribution in [3.8, 4) is 11.8 Å². The van der Waals surface area contributed by atoms with Gasteiger partial charge in [-0.3, -0.25) is 0 Å². The molecular formula is C10H17N. The van der Waals surface area contributed by atoms with Crippen molar-refractivity contribution in [2.45, 2.75) is 39.2 Å². The van der Waals surface area contributed by atoms with Gasteiger partial charge in [-0.25, -0.2) is 0 Å². The Kier molecular flexibility index (Phi) is 2.57. The number of rotatable bonds is 3. The third-order valence-corrected chi connectivity index (χ3v) is 2.60. The van der Waals surface area contributed by atoms with Gasteiger partial charge in [-0.15, -0.1) is 5.92 Å². The maximum absolute atomic E-state index is 3.50. The first-order valence-electron chi connectivity index (χ1n) is 4.36. The average molecular weight is 151 g/mol. The van der Waals surface area contributed by atoms with Crippen molar-refractivity contribution in [2.24, 2.45) is 5.92 Å². The first-order chi connectivity index (χ1) is 5.21. The summed E-state index contributed by atoms with van der Waals surface area (Å²) in [5.41, 5.74) is 0.448. The lowest BCUT2D eigenvalue weighted by molar-refractivity contribution is 0.396. The van der Waals surface area contributed by atoms with Crippen molar-refractivity contribution < 1.29 is 0 Å². The molecule has 62 valence electrons. The molecule has 1 N–H and O–H groups in total. The van der Waals surface area contributed by atoms with Gasteiger partial charge in [0.2, 0.25) is 0 Å². The molecule has 11 heavy (non-hydrogen) atoms. The highest BCUT2D eigenvalue weighted by molar-refractivity contribution is 5.08. The van der Waals surface area contributed by atoms with E-state index in [-0.39, 0.29) is 0 Å². The van der Waals surface area contributed by atoms with E-state index in [4.69, 9.17) is 0 Å². The Morgan fingerprint density at radius 2 is 2.09 bits per heavy atom. The van der Waals surface area contributed by atoms with Crippen molar-refractivity contribution in [3.05, 3.63) is 0 Å². The molecule has 1 aliphatic rings. The molecule has 0 unspecified atom stereocenters. The molecule has 0 aromatic carbocycles. The Balaban J connectivity index is 2.28. The summed E-state index contributed by atoms with van der Waals surface area (Å²) < 4.78 is 0. The molecule has 1 rings (SSSR count). The molecule has 0 heterocycles. The SMILES string of the molecule is CC#CCNC1(C(C)C)CC1. The molecule has 0 radical (unpaired) electrons. The van der Waals surface area contributed by atoms with E-state index >= 15 is 0 Å². The van der Waals surface area contributed by atoms with Gasteiger partial charge in [0.1, 0.15) is 0 Å². The van der Waals surface area contributed by atoms with Crippen LogP contribution in [0.25, 0.3) is 0 Å². The van der Waals surface area contributed by atoms with Crippen LogP contribution in [-0.4, -0.2) is 12.1 Å². The van der Waals surface area contributed by atoms with Crippen LogP contribution < -0.4 is 5.32 Å². The highest BCUT2D eigenvalue weighted by Gasteiger charge is 2.44. The standard InChI is InChI=1S/C10H17N/c1-4-5-8-11-10(6-7-10)9(2)3/h9,11H,6-8H2,1-3H3. The second kappa shape index (κ2) is 3.28. The second-order valence-electron chi connectivity index (χ2n) is 3.59. The minimum absolute atomic E-state index is 0.448. The largest absolute Gasteiger partial charge is 0.300 e. The third kappa shape index (κ3) is 1.97. The van der Waals surface area contributed by atoms with E-state index < -0.39 is 0 Å². The predicted molar refractivity (Wildman–Crippen MR) is 48.3 cm³/mol. The van der Waals surface area contributed by atoms with Crippen LogP contribution in [0.3, 0.4) is 0 Å². The molecule has 0 aromatic heterocycles. The normalized spacial score (nSPS) is 19.3. The first kappa shape index (κ1) is 8.62. The van der Waals surface area contributed by atoms with Crippen molar-refractivity contribution in [1.29, 1.82) is 0 Å². The predicted octanol–water partition coefficient (Wildman–Crippen LogP) is 1.79. The fourth-order valence-corrected chi connectivity index (χ4v) is 1.40. The second-order valence-corrected chi connectivity index (χ2v) is 3.59. The van der Waals surface area contributed by atoms with E-state index in [1.165, 1.54) is 12.8 Å². The molecule has 1 heteroatoms. The molecule has 1 saturated carbocycles. The number of nitrogens with one attached hydrogen (secondary N) is 1. The van der Waals surface area contributed by atoms with Crippen LogP contribution >= 0.6 is 0 Å². The molecule has 0 aliphatic heterocycles. The highest BCUT2D eigenvalue weighted by atomic mass is 15.0. The van der Waals surface area contributed by atoms with E-state index in [9.17, 15) is 0 Å². The molecule has 1 aliphatic carbocycles. The summed E-state index contributed by atoms with van der Waals surface area (Å²) in [5, 5.41) is 3.50. The van der Waals surface area contributed by atoms with Gasteiger partial charge in [0.15, 0.2) is 0 Å². The highest BCUT2D eigenvalue weighted by Crippen LogP contribution is 2.41.